The van der Waals surface area contributed by atoms with Crippen LogP contribution in [-0.2, 0) is 4.79 Å². The first-order chi connectivity index (χ1) is 9.24. The van der Waals surface area contributed by atoms with E-state index < -0.39 is 6.03 Å². The van der Waals surface area contributed by atoms with Gasteiger partial charge in [-0.05, 0) is 12.1 Å². The van der Waals surface area contributed by atoms with E-state index in [9.17, 15) is 9.59 Å². The van der Waals surface area contributed by atoms with Gasteiger partial charge in [0, 0.05) is 11.8 Å². The topological polar surface area (TPSA) is 98.9 Å². The van der Waals surface area contributed by atoms with Gasteiger partial charge in [0.1, 0.15) is 5.82 Å². The van der Waals surface area contributed by atoms with Crippen molar-refractivity contribution in [3.05, 3.63) is 42.6 Å². The Labute approximate surface area is 109 Å². The van der Waals surface area contributed by atoms with Crippen LogP contribution in [0, 0.1) is 0 Å². The van der Waals surface area contributed by atoms with Crippen molar-refractivity contribution in [1.29, 1.82) is 0 Å². The van der Waals surface area contributed by atoms with Crippen molar-refractivity contribution in [3.8, 4) is 0 Å². The van der Waals surface area contributed by atoms with Crippen molar-refractivity contribution in [1.82, 2.24) is 15.5 Å². The van der Waals surface area contributed by atoms with Crippen LogP contribution in [0.5, 0.6) is 0 Å². The molecule has 1 aromatic heterocycles. The predicted molar refractivity (Wildman–Crippen MR) is 70.7 cm³/mol. The molecule has 1 heterocycles. The highest BCUT2D eigenvalue weighted by Gasteiger charge is 2.06. The number of rotatable bonds is 4. The molecule has 0 aliphatic heterocycles. The van der Waals surface area contributed by atoms with E-state index in [4.69, 9.17) is 0 Å². The van der Waals surface area contributed by atoms with Crippen LogP contribution in [0.2, 0.25) is 0 Å². The van der Waals surface area contributed by atoms with Crippen LogP contribution in [0.1, 0.15) is 0 Å². The maximum atomic E-state index is 11.5. The lowest BCUT2D eigenvalue weighted by molar-refractivity contribution is -0.115. The van der Waals surface area contributed by atoms with Crippen LogP contribution in [0.4, 0.5) is 16.3 Å². The molecule has 7 nitrogen and oxygen atoms in total. The first kappa shape index (κ1) is 12.6. The third kappa shape index (κ3) is 4.15. The summed E-state index contributed by atoms with van der Waals surface area (Å²) < 4.78 is 0. The fourth-order valence-electron chi connectivity index (χ4n) is 1.38. The van der Waals surface area contributed by atoms with Gasteiger partial charge in [0.15, 0.2) is 0 Å². The molecule has 2 rings (SSSR count). The van der Waals surface area contributed by atoms with E-state index in [1.807, 2.05) is 6.07 Å². The molecule has 0 radical (unpaired) electrons. The molecule has 1 aromatic carbocycles. The highest BCUT2D eigenvalue weighted by Crippen LogP contribution is 2.04. The number of hydrogen-bond acceptors (Lipinski definition) is 3. The third-order valence-corrected chi connectivity index (χ3v) is 2.22. The van der Waals surface area contributed by atoms with E-state index >= 15 is 0 Å². The Kier molecular flexibility index (Phi) is 4.12. The molecule has 19 heavy (non-hydrogen) atoms. The summed E-state index contributed by atoms with van der Waals surface area (Å²) in [5.74, 6) is 0.141. The summed E-state index contributed by atoms with van der Waals surface area (Å²) in [6.45, 7) is -0.127. The van der Waals surface area contributed by atoms with Crippen LogP contribution in [0.15, 0.2) is 42.6 Å². The van der Waals surface area contributed by atoms with Crippen LogP contribution >= 0.6 is 0 Å². The number of benzene rings is 1. The Balaban J connectivity index is 1.73. The number of carbonyl (C=O) groups is 2. The minimum atomic E-state index is -0.439. The molecule has 0 fully saturated rings. The third-order valence-electron chi connectivity index (χ3n) is 2.22. The van der Waals surface area contributed by atoms with Gasteiger partial charge in [0.2, 0.25) is 5.91 Å². The summed E-state index contributed by atoms with van der Waals surface area (Å²) in [4.78, 5) is 23.0. The predicted octanol–water partition coefficient (Wildman–Crippen LogP) is 1.17. The molecule has 2 aromatic rings. The number of nitrogens with one attached hydrogen (secondary N) is 4. The molecule has 0 saturated carbocycles. The first-order valence-electron chi connectivity index (χ1n) is 5.63. The van der Waals surface area contributed by atoms with Crippen molar-refractivity contribution in [2.24, 2.45) is 0 Å². The molecule has 0 aliphatic rings. The van der Waals surface area contributed by atoms with Gasteiger partial charge in [-0.1, -0.05) is 18.2 Å². The molecule has 0 bridgehead atoms. The summed E-state index contributed by atoms with van der Waals surface area (Å²) in [6.07, 6.45) is 1.52. The van der Waals surface area contributed by atoms with E-state index in [2.05, 4.69) is 26.1 Å². The molecule has 0 atom stereocenters. The standard InChI is InChI=1S/C12H13N5O2/c18-11(16-10-6-7-14-17-10)8-13-12(19)15-9-4-2-1-3-5-9/h1-7H,8H2,(H2,13,15,19)(H2,14,16,17,18). The summed E-state index contributed by atoms with van der Waals surface area (Å²) in [7, 11) is 0. The normalized spacial score (nSPS) is 9.68. The zero-order valence-corrected chi connectivity index (χ0v) is 10.0. The lowest BCUT2D eigenvalue weighted by atomic mass is 10.3. The number of aromatic amines is 1. The van der Waals surface area contributed by atoms with E-state index in [1.54, 1.807) is 30.3 Å². The summed E-state index contributed by atoms with van der Waals surface area (Å²) in [5, 5.41) is 13.9. The number of aromatic nitrogens is 2. The number of hydrogen-bond donors (Lipinski definition) is 4. The van der Waals surface area contributed by atoms with Crippen LogP contribution in [0.3, 0.4) is 0 Å². The molecule has 0 spiro atoms. The average Bonchev–Trinajstić information content (AvgIpc) is 2.90. The number of nitrogens with zero attached hydrogens (tertiary/aromatic N) is 1. The Bertz CT molecular complexity index is 539. The smallest absolute Gasteiger partial charge is 0.319 e. The minimum Gasteiger partial charge on any atom is -0.329 e. The van der Waals surface area contributed by atoms with Crippen molar-refractivity contribution < 1.29 is 9.59 Å². The molecule has 98 valence electrons. The number of urea groups is 1. The lowest BCUT2D eigenvalue weighted by Gasteiger charge is -2.07. The summed E-state index contributed by atoms with van der Waals surface area (Å²) >= 11 is 0. The summed E-state index contributed by atoms with van der Waals surface area (Å²) in [6, 6.07) is 10.1. The van der Waals surface area contributed by atoms with Gasteiger partial charge in [-0.25, -0.2) is 4.79 Å². The van der Waals surface area contributed by atoms with Gasteiger partial charge >= 0.3 is 6.03 Å². The Morgan fingerprint density at radius 1 is 1.11 bits per heavy atom. The average molecular weight is 259 g/mol. The largest absolute Gasteiger partial charge is 0.329 e. The van der Waals surface area contributed by atoms with Gasteiger partial charge in [0.05, 0.1) is 12.7 Å². The van der Waals surface area contributed by atoms with Crippen LogP contribution in [0.25, 0.3) is 0 Å². The number of para-hydroxylation sites is 1. The molecular weight excluding hydrogens is 246 g/mol. The maximum absolute atomic E-state index is 11.5. The van der Waals surface area contributed by atoms with Gasteiger partial charge in [-0.15, -0.1) is 0 Å². The first-order valence-corrected chi connectivity index (χ1v) is 5.63. The lowest BCUT2D eigenvalue weighted by Crippen LogP contribution is -2.35. The van der Waals surface area contributed by atoms with Crippen molar-refractivity contribution in [2.45, 2.75) is 0 Å². The van der Waals surface area contributed by atoms with E-state index in [0.29, 0.717) is 11.5 Å². The fourth-order valence-corrected chi connectivity index (χ4v) is 1.38. The second kappa shape index (κ2) is 6.20. The molecule has 0 aliphatic carbocycles. The molecule has 0 saturated heterocycles. The SMILES string of the molecule is O=C(CNC(=O)Nc1ccccc1)Nc1ccn[nH]1. The molecule has 4 N–H and O–H groups in total. The Hall–Kier alpha value is -2.83. The zero-order chi connectivity index (χ0) is 13.5. The maximum Gasteiger partial charge on any atom is 0.319 e. The number of amides is 3. The molecular formula is C12H13N5O2. The minimum absolute atomic E-state index is 0.127. The van der Waals surface area contributed by atoms with Crippen LogP contribution < -0.4 is 16.0 Å². The van der Waals surface area contributed by atoms with Gasteiger partial charge in [-0.3, -0.25) is 9.89 Å². The van der Waals surface area contributed by atoms with Gasteiger partial charge < -0.3 is 16.0 Å². The van der Waals surface area contributed by atoms with Crippen LogP contribution in [-0.4, -0.2) is 28.7 Å². The Morgan fingerprint density at radius 2 is 1.89 bits per heavy atom. The quantitative estimate of drug-likeness (QED) is 0.663. The Morgan fingerprint density at radius 3 is 2.58 bits per heavy atom. The zero-order valence-electron chi connectivity index (χ0n) is 10.0. The highest BCUT2D eigenvalue weighted by molar-refractivity contribution is 5.96. The highest BCUT2D eigenvalue weighted by atomic mass is 16.2. The molecule has 3 amide bonds. The van der Waals surface area contributed by atoms with Gasteiger partial charge in [0.25, 0.3) is 0 Å². The van der Waals surface area contributed by atoms with Crippen molar-refractivity contribution in [2.75, 3.05) is 17.2 Å². The monoisotopic (exact) mass is 259 g/mol. The number of anilines is 2. The fraction of sp³-hybridized carbons (Fsp3) is 0.0833. The van der Waals surface area contributed by atoms with Crippen molar-refractivity contribution >= 4 is 23.4 Å². The van der Waals surface area contributed by atoms with E-state index in [0.717, 1.165) is 0 Å². The van der Waals surface area contributed by atoms with Gasteiger partial charge in [-0.2, -0.15) is 5.10 Å². The second-order valence-corrected chi connectivity index (χ2v) is 3.69. The number of carbonyl (C=O) groups excluding carboxylic acids is 2. The van der Waals surface area contributed by atoms with E-state index in [1.165, 1.54) is 6.20 Å². The molecule has 7 heteroatoms. The van der Waals surface area contributed by atoms with Crippen molar-refractivity contribution in [3.63, 3.8) is 0 Å². The number of H-pyrrole nitrogens is 1. The van der Waals surface area contributed by atoms with E-state index in [-0.39, 0.29) is 12.5 Å². The summed E-state index contributed by atoms with van der Waals surface area (Å²) in [5.41, 5.74) is 0.661. The molecule has 0 unspecified atom stereocenters. The second-order valence-electron chi connectivity index (χ2n) is 3.69.